The lowest BCUT2D eigenvalue weighted by atomic mass is 9.82. The lowest BCUT2D eigenvalue weighted by molar-refractivity contribution is -0.384. The quantitative estimate of drug-likeness (QED) is 0.308. The molecule has 2 aromatic carbocycles. The number of benzene rings is 2. The third kappa shape index (κ3) is 3.77. The van der Waals surface area contributed by atoms with E-state index in [9.17, 15) is 28.9 Å². The second-order valence-electron chi connectivity index (χ2n) is 7.95. The maximum absolute atomic E-state index is 14.4. The summed E-state index contributed by atoms with van der Waals surface area (Å²) < 4.78 is 14.4. The molecule has 1 heterocycles. The van der Waals surface area contributed by atoms with Gasteiger partial charge in [-0.15, -0.1) is 0 Å². The number of non-ortho nitro benzene ring substituents is 1. The molecule has 2 atom stereocenters. The number of rotatable bonds is 5. The second-order valence-corrected chi connectivity index (χ2v) is 7.95. The van der Waals surface area contributed by atoms with Crippen molar-refractivity contribution in [1.82, 2.24) is 10.0 Å². The highest BCUT2D eigenvalue weighted by Crippen LogP contribution is 2.39. The fourth-order valence-electron chi connectivity index (χ4n) is 4.18. The van der Waals surface area contributed by atoms with E-state index in [-0.39, 0.29) is 23.4 Å². The Hall–Kier alpha value is -3.88. The first-order valence-corrected chi connectivity index (χ1v) is 10.1. The molecule has 8 nitrogen and oxygen atoms in total. The Bertz CT molecular complexity index is 1160. The van der Waals surface area contributed by atoms with Gasteiger partial charge in [0, 0.05) is 23.3 Å². The number of amides is 3. The maximum Gasteiger partial charge on any atom is 0.273 e. The number of halogens is 1. The van der Waals surface area contributed by atoms with Crippen LogP contribution in [-0.2, 0) is 16.1 Å². The van der Waals surface area contributed by atoms with Crippen molar-refractivity contribution in [3.05, 3.63) is 87.2 Å². The minimum atomic E-state index is -0.804. The van der Waals surface area contributed by atoms with E-state index < -0.39 is 40.3 Å². The second kappa shape index (κ2) is 8.33. The SMILES string of the molecule is CC1=CC[C@H]2C(=O)N(N(Cc3ccccc3F)C(=O)c3cccc([N+](=O)[O-])c3)C(=O)[C@H]2C1. The van der Waals surface area contributed by atoms with Crippen molar-refractivity contribution in [2.75, 3.05) is 0 Å². The lowest BCUT2D eigenvalue weighted by Crippen LogP contribution is -2.50. The summed E-state index contributed by atoms with van der Waals surface area (Å²) in [6.07, 6.45) is 2.69. The van der Waals surface area contributed by atoms with Gasteiger partial charge in [0.05, 0.1) is 23.3 Å². The largest absolute Gasteiger partial charge is 0.273 e. The van der Waals surface area contributed by atoms with Crippen molar-refractivity contribution in [1.29, 1.82) is 0 Å². The molecular weight excluding hydrogens is 417 g/mol. The van der Waals surface area contributed by atoms with Crippen molar-refractivity contribution in [3.63, 3.8) is 0 Å². The van der Waals surface area contributed by atoms with Gasteiger partial charge >= 0.3 is 0 Å². The summed E-state index contributed by atoms with van der Waals surface area (Å²) in [4.78, 5) is 50.3. The van der Waals surface area contributed by atoms with Crippen molar-refractivity contribution in [2.24, 2.45) is 11.8 Å². The fourth-order valence-corrected chi connectivity index (χ4v) is 4.18. The predicted molar refractivity (Wildman–Crippen MR) is 111 cm³/mol. The van der Waals surface area contributed by atoms with Crippen molar-refractivity contribution < 1.29 is 23.7 Å². The lowest BCUT2D eigenvalue weighted by Gasteiger charge is -2.30. The zero-order chi connectivity index (χ0) is 23.0. The summed E-state index contributed by atoms with van der Waals surface area (Å²) in [6.45, 7) is 1.50. The van der Waals surface area contributed by atoms with Crippen LogP contribution >= 0.6 is 0 Å². The smallest absolute Gasteiger partial charge is 0.272 e. The first-order chi connectivity index (χ1) is 15.3. The Morgan fingerprint density at radius 3 is 2.59 bits per heavy atom. The Balaban J connectivity index is 1.75. The molecule has 164 valence electrons. The number of imide groups is 1. The van der Waals surface area contributed by atoms with Crippen molar-refractivity contribution in [3.8, 4) is 0 Å². The third-order valence-corrected chi connectivity index (χ3v) is 5.86. The number of hydrogen-bond acceptors (Lipinski definition) is 5. The molecule has 1 aliphatic carbocycles. The number of nitro benzene ring substituents is 1. The monoisotopic (exact) mass is 437 g/mol. The molecule has 3 amide bonds. The Labute approximate surface area is 183 Å². The van der Waals surface area contributed by atoms with Crippen molar-refractivity contribution in [2.45, 2.75) is 26.3 Å². The van der Waals surface area contributed by atoms with Crippen molar-refractivity contribution >= 4 is 23.4 Å². The van der Waals surface area contributed by atoms with Gasteiger partial charge in [-0.2, -0.15) is 5.01 Å². The number of fused-ring (bicyclic) bond motifs is 1. The van der Waals surface area contributed by atoms with E-state index in [2.05, 4.69) is 0 Å². The van der Waals surface area contributed by atoms with Gasteiger partial charge in [-0.1, -0.05) is 35.9 Å². The molecule has 1 fully saturated rings. The van der Waals surface area contributed by atoms with Gasteiger partial charge in [0.2, 0.25) is 0 Å². The number of nitro groups is 1. The molecule has 32 heavy (non-hydrogen) atoms. The molecule has 0 unspecified atom stereocenters. The molecule has 0 saturated carbocycles. The number of carbonyl (C=O) groups is 3. The minimum absolute atomic E-state index is 0.0830. The summed E-state index contributed by atoms with van der Waals surface area (Å²) in [5, 5.41) is 12.8. The van der Waals surface area contributed by atoms with Crippen LogP contribution in [0.3, 0.4) is 0 Å². The molecule has 0 spiro atoms. The van der Waals surface area contributed by atoms with Crippen LogP contribution in [0.15, 0.2) is 60.2 Å². The highest BCUT2D eigenvalue weighted by atomic mass is 19.1. The van der Waals surface area contributed by atoms with Crippen LogP contribution in [0.1, 0.15) is 35.7 Å². The number of carbonyl (C=O) groups excluding carboxylic acids is 3. The molecule has 0 radical (unpaired) electrons. The number of allylic oxidation sites excluding steroid dienone is 2. The number of hydrogen-bond donors (Lipinski definition) is 0. The molecule has 0 bridgehead atoms. The van der Waals surface area contributed by atoms with E-state index in [0.717, 1.165) is 21.7 Å². The van der Waals surface area contributed by atoms with Gasteiger partial charge in [-0.25, -0.2) is 9.40 Å². The summed E-state index contributed by atoms with van der Waals surface area (Å²) in [6, 6.07) is 10.7. The molecule has 0 aromatic heterocycles. The molecular formula is C23H20FN3O5. The average molecular weight is 437 g/mol. The summed E-state index contributed by atoms with van der Waals surface area (Å²) in [5.74, 6) is -3.64. The molecule has 1 aliphatic heterocycles. The molecule has 2 aromatic rings. The topological polar surface area (TPSA) is 101 Å². The van der Waals surface area contributed by atoms with Crippen LogP contribution in [-0.4, -0.2) is 32.7 Å². The molecule has 1 saturated heterocycles. The Morgan fingerprint density at radius 2 is 1.88 bits per heavy atom. The molecule has 0 N–H and O–H groups in total. The van der Waals surface area contributed by atoms with Gasteiger partial charge in [-0.05, 0) is 31.9 Å². The molecule has 9 heteroatoms. The Kier molecular flexibility index (Phi) is 5.56. The average Bonchev–Trinajstić information content (AvgIpc) is 3.02. The van der Waals surface area contributed by atoms with Crippen LogP contribution in [0.4, 0.5) is 10.1 Å². The number of nitrogens with zero attached hydrogens (tertiary/aromatic N) is 3. The van der Waals surface area contributed by atoms with Crippen LogP contribution in [0.2, 0.25) is 0 Å². The first-order valence-electron chi connectivity index (χ1n) is 10.1. The zero-order valence-electron chi connectivity index (χ0n) is 17.2. The summed E-state index contributed by atoms with van der Waals surface area (Å²) in [7, 11) is 0. The normalized spacial score (nSPS) is 20.1. The third-order valence-electron chi connectivity index (χ3n) is 5.86. The van der Waals surface area contributed by atoms with Gasteiger partial charge in [0.15, 0.2) is 0 Å². The maximum atomic E-state index is 14.4. The van der Waals surface area contributed by atoms with Crippen LogP contribution in [0.25, 0.3) is 0 Å². The minimum Gasteiger partial charge on any atom is -0.272 e. The first kappa shape index (κ1) is 21.4. The van der Waals surface area contributed by atoms with Crippen LogP contribution in [0.5, 0.6) is 0 Å². The van der Waals surface area contributed by atoms with E-state index >= 15 is 0 Å². The number of hydrazine groups is 1. The van der Waals surface area contributed by atoms with E-state index in [4.69, 9.17) is 0 Å². The molecule has 4 rings (SSSR count). The zero-order valence-corrected chi connectivity index (χ0v) is 17.2. The van der Waals surface area contributed by atoms with E-state index in [0.29, 0.717) is 12.8 Å². The Morgan fingerprint density at radius 1 is 1.16 bits per heavy atom. The van der Waals surface area contributed by atoms with Gasteiger partial charge < -0.3 is 0 Å². The van der Waals surface area contributed by atoms with Crippen LogP contribution in [0, 0.1) is 27.8 Å². The standard InChI is InChI=1S/C23H20FN3O5/c1-14-9-10-18-19(11-14)23(30)26(22(18)29)25(13-16-5-2-3-8-20(16)24)21(28)15-6-4-7-17(12-15)27(31)32/h2-9,12,18-19H,10-11,13H2,1H3/t18-,19+/m1/s1. The van der Waals surface area contributed by atoms with Gasteiger partial charge in [-0.3, -0.25) is 24.5 Å². The van der Waals surface area contributed by atoms with E-state index in [1.165, 1.54) is 36.4 Å². The molecule has 2 aliphatic rings. The van der Waals surface area contributed by atoms with E-state index in [1.54, 1.807) is 6.07 Å². The van der Waals surface area contributed by atoms with Gasteiger partial charge in [0.25, 0.3) is 23.4 Å². The van der Waals surface area contributed by atoms with Gasteiger partial charge in [0.1, 0.15) is 5.82 Å². The highest BCUT2D eigenvalue weighted by molar-refractivity contribution is 6.08. The van der Waals surface area contributed by atoms with Crippen LogP contribution < -0.4 is 0 Å². The highest BCUT2D eigenvalue weighted by Gasteiger charge is 2.51. The van der Waals surface area contributed by atoms with E-state index in [1.807, 2.05) is 13.0 Å². The predicted octanol–water partition coefficient (Wildman–Crippen LogP) is 3.63. The fraction of sp³-hybridized carbons (Fsp3) is 0.261. The summed E-state index contributed by atoms with van der Waals surface area (Å²) >= 11 is 0. The summed E-state index contributed by atoms with van der Waals surface area (Å²) in [5.41, 5.74) is 0.700.